The van der Waals surface area contributed by atoms with Crippen molar-refractivity contribution in [2.75, 3.05) is 13.1 Å². The highest BCUT2D eigenvalue weighted by molar-refractivity contribution is 7.09. The summed E-state index contributed by atoms with van der Waals surface area (Å²) >= 11 is 1.38. The number of carbonyl (C=O) groups is 2. The van der Waals surface area contributed by atoms with Crippen molar-refractivity contribution < 1.29 is 18.7 Å². The maximum absolute atomic E-state index is 13.5. The third kappa shape index (κ3) is 6.06. The second-order valence-electron chi connectivity index (χ2n) is 9.13. The first-order valence-electron chi connectivity index (χ1n) is 11.8. The van der Waals surface area contributed by atoms with E-state index in [9.17, 15) is 14.0 Å². The zero-order chi connectivity index (χ0) is 24.9. The molecule has 1 aliphatic rings. The summed E-state index contributed by atoms with van der Waals surface area (Å²) < 4.78 is 19.6. The van der Waals surface area contributed by atoms with Crippen molar-refractivity contribution in [3.63, 3.8) is 0 Å². The first-order valence-corrected chi connectivity index (χ1v) is 12.7. The van der Waals surface area contributed by atoms with E-state index < -0.39 is 0 Å². The van der Waals surface area contributed by atoms with E-state index in [2.05, 4.69) is 24.1 Å². The van der Waals surface area contributed by atoms with E-state index in [0.29, 0.717) is 35.5 Å². The van der Waals surface area contributed by atoms with Gasteiger partial charge in [0.05, 0.1) is 6.04 Å². The van der Waals surface area contributed by atoms with E-state index in [0.717, 1.165) is 29.5 Å². The van der Waals surface area contributed by atoms with Crippen LogP contribution in [0.15, 0.2) is 47.8 Å². The Morgan fingerprint density at radius 1 is 1.23 bits per heavy atom. The number of nitrogens with zero attached hydrogens (tertiary/aromatic N) is 2. The summed E-state index contributed by atoms with van der Waals surface area (Å²) in [5.74, 6) is 0.662. The van der Waals surface area contributed by atoms with Crippen LogP contribution < -0.4 is 10.1 Å². The Kier molecular flexibility index (Phi) is 7.80. The highest BCUT2D eigenvalue weighted by Crippen LogP contribution is 2.37. The van der Waals surface area contributed by atoms with Gasteiger partial charge < -0.3 is 15.0 Å². The van der Waals surface area contributed by atoms with E-state index in [-0.39, 0.29) is 30.3 Å². The Bertz CT molecular complexity index is 1190. The smallest absolute Gasteiger partial charge is 0.270 e. The minimum Gasteiger partial charge on any atom is -0.486 e. The molecule has 2 aromatic carbocycles. The molecule has 1 aromatic heterocycles. The van der Waals surface area contributed by atoms with Gasteiger partial charge in [-0.25, -0.2) is 9.37 Å². The van der Waals surface area contributed by atoms with Crippen molar-refractivity contribution in [3.05, 3.63) is 81.1 Å². The topological polar surface area (TPSA) is 71.5 Å². The summed E-state index contributed by atoms with van der Waals surface area (Å²) in [7, 11) is 0. The first-order chi connectivity index (χ1) is 16.8. The van der Waals surface area contributed by atoms with Crippen LogP contribution in [0.3, 0.4) is 0 Å². The van der Waals surface area contributed by atoms with Crippen molar-refractivity contribution in [2.45, 2.75) is 46.3 Å². The largest absolute Gasteiger partial charge is 0.486 e. The summed E-state index contributed by atoms with van der Waals surface area (Å²) in [6.07, 6.45) is 1.67. The lowest BCUT2D eigenvalue weighted by Crippen LogP contribution is -2.39. The van der Waals surface area contributed by atoms with Gasteiger partial charge in [-0.2, -0.15) is 0 Å². The lowest BCUT2D eigenvalue weighted by Gasteiger charge is -2.37. The van der Waals surface area contributed by atoms with Crippen LogP contribution in [0.2, 0.25) is 0 Å². The number of hydrogen-bond acceptors (Lipinski definition) is 5. The van der Waals surface area contributed by atoms with Crippen molar-refractivity contribution in [1.29, 1.82) is 0 Å². The zero-order valence-electron chi connectivity index (χ0n) is 20.2. The number of hydrogen-bond donors (Lipinski definition) is 1. The predicted octanol–water partition coefficient (Wildman–Crippen LogP) is 5.13. The van der Waals surface area contributed by atoms with Crippen LogP contribution in [-0.4, -0.2) is 34.8 Å². The van der Waals surface area contributed by atoms with Gasteiger partial charge in [0.25, 0.3) is 5.91 Å². The number of benzene rings is 2. The van der Waals surface area contributed by atoms with Gasteiger partial charge in [0.15, 0.2) is 0 Å². The number of fused-ring (bicyclic) bond motifs is 1. The van der Waals surface area contributed by atoms with E-state index in [4.69, 9.17) is 4.74 Å². The summed E-state index contributed by atoms with van der Waals surface area (Å²) in [6.45, 7) is 7.25. The monoisotopic (exact) mass is 495 g/mol. The SMILES string of the molecule is CC(=O)N1CCc2ccc(OCc3nc(C(=O)NCCC(C)C)cs3)cc2[C@H]1c1ccc(F)cc1. The number of rotatable bonds is 8. The van der Waals surface area contributed by atoms with Crippen LogP contribution in [0, 0.1) is 11.7 Å². The van der Waals surface area contributed by atoms with Crippen LogP contribution in [0.25, 0.3) is 0 Å². The van der Waals surface area contributed by atoms with E-state index in [1.807, 2.05) is 23.1 Å². The molecule has 1 N–H and O–H groups in total. The number of halogens is 1. The third-order valence-electron chi connectivity index (χ3n) is 6.09. The van der Waals surface area contributed by atoms with Gasteiger partial charge in [-0.15, -0.1) is 11.3 Å². The molecule has 0 unspecified atom stereocenters. The molecule has 6 nitrogen and oxygen atoms in total. The number of ether oxygens (including phenoxy) is 1. The fourth-order valence-electron chi connectivity index (χ4n) is 4.22. The number of aromatic nitrogens is 1. The average Bonchev–Trinajstić information content (AvgIpc) is 3.31. The van der Waals surface area contributed by atoms with Gasteiger partial charge >= 0.3 is 0 Å². The van der Waals surface area contributed by atoms with Crippen molar-refractivity contribution in [1.82, 2.24) is 15.2 Å². The number of nitrogens with one attached hydrogen (secondary N) is 1. The quantitative estimate of drug-likeness (QED) is 0.470. The van der Waals surface area contributed by atoms with Crippen molar-refractivity contribution >= 4 is 23.2 Å². The van der Waals surface area contributed by atoms with Gasteiger partial charge in [0.2, 0.25) is 5.91 Å². The lowest BCUT2D eigenvalue weighted by atomic mass is 9.88. The molecule has 184 valence electrons. The molecule has 3 aromatic rings. The molecular weight excluding hydrogens is 465 g/mol. The summed E-state index contributed by atoms with van der Waals surface area (Å²) in [6, 6.07) is 11.9. The molecule has 1 atom stereocenters. The molecule has 0 bridgehead atoms. The summed E-state index contributed by atoms with van der Waals surface area (Å²) in [4.78, 5) is 30.9. The summed E-state index contributed by atoms with van der Waals surface area (Å²) in [5.41, 5.74) is 3.36. The van der Waals surface area contributed by atoms with Gasteiger partial charge in [0, 0.05) is 25.4 Å². The van der Waals surface area contributed by atoms with Gasteiger partial charge in [-0.1, -0.05) is 32.0 Å². The maximum atomic E-state index is 13.5. The van der Waals surface area contributed by atoms with Crippen LogP contribution in [-0.2, 0) is 17.8 Å². The van der Waals surface area contributed by atoms with Gasteiger partial charge in [-0.05, 0) is 59.7 Å². The van der Waals surface area contributed by atoms with Crippen molar-refractivity contribution in [3.8, 4) is 5.75 Å². The normalized spacial score (nSPS) is 15.1. The number of thiazole rings is 1. The Labute approximate surface area is 209 Å². The van der Waals surface area contributed by atoms with Crippen LogP contribution in [0.5, 0.6) is 5.75 Å². The summed E-state index contributed by atoms with van der Waals surface area (Å²) in [5, 5.41) is 5.34. The van der Waals surface area contributed by atoms with E-state index >= 15 is 0 Å². The fraction of sp³-hybridized carbons (Fsp3) is 0.370. The molecule has 35 heavy (non-hydrogen) atoms. The molecule has 0 radical (unpaired) electrons. The molecule has 8 heteroatoms. The lowest BCUT2D eigenvalue weighted by molar-refractivity contribution is -0.130. The van der Waals surface area contributed by atoms with Crippen LogP contribution >= 0.6 is 11.3 Å². The zero-order valence-corrected chi connectivity index (χ0v) is 21.0. The minimum absolute atomic E-state index is 0.0294. The molecule has 0 fully saturated rings. The van der Waals surface area contributed by atoms with Gasteiger partial charge in [0.1, 0.15) is 28.9 Å². The average molecular weight is 496 g/mol. The maximum Gasteiger partial charge on any atom is 0.270 e. The Balaban J connectivity index is 1.48. The first kappa shape index (κ1) is 24.9. The number of amides is 2. The standard InChI is InChI=1S/C27H30FN3O3S/c1-17(2)10-12-29-27(33)24-16-35-25(30-24)15-34-22-9-6-19-11-13-31(18(3)32)26(23(19)14-22)20-4-7-21(28)8-5-20/h4-9,14,16-17,26H,10-13,15H2,1-3H3,(H,29,33)/t26-/m1/s1. The minimum atomic E-state index is -0.312. The Hall–Kier alpha value is -3.26. The molecule has 0 aliphatic carbocycles. The van der Waals surface area contributed by atoms with Crippen molar-refractivity contribution in [2.24, 2.45) is 5.92 Å². The Morgan fingerprint density at radius 3 is 2.71 bits per heavy atom. The molecule has 2 heterocycles. The van der Waals surface area contributed by atoms with Crippen LogP contribution in [0.1, 0.15) is 65.4 Å². The fourth-order valence-corrected chi connectivity index (χ4v) is 4.90. The van der Waals surface area contributed by atoms with E-state index in [1.165, 1.54) is 23.5 Å². The molecule has 1 aliphatic heterocycles. The molecule has 0 spiro atoms. The second kappa shape index (κ2) is 11.0. The Morgan fingerprint density at radius 2 is 2.00 bits per heavy atom. The highest BCUT2D eigenvalue weighted by Gasteiger charge is 2.31. The molecule has 4 rings (SSSR count). The molecule has 0 saturated carbocycles. The molecule has 2 amide bonds. The highest BCUT2D eigenvalue weighted by atomic mass is 32.1. The second-order valence-corrected chi connectivity index (χ2v) is 10.1. The predicted molar refractivity (Wildman–Crippen MR) is 134 cm³/mol. The van der Waals surface area contributed by atoms with Crippen LogP contribution in [0.4, 0.5) is 4.39 Å². The molecule has 0 saturated heterocycles. The third-order valence-corrected chi connectivity index (χ3v) is 6.91. The number of carbonyl (C=O) groups excluding carboxylic acids is 2. The van der Waals surface area contributed by atoms with E-state index in [1.54, 1.807) is 24.4 Å². The molecular formula is C27H30FN3O3S. The van der Waals surface area contributed by atoms with Gasteiger partial charge in [-0.3, -0.25) is 9.59 Å².